The van der Waals surface area contributed by atoms with Crippen LogP contribution in [0.4, 0.5) is 11.5 Å². The van der Waals surface area contributed by atoms with Gasteiger partial charge in [-0.05, 0) is 57.4 Å². The normalized spacial score (nSPS) is 21.6. The lowest BCUT2D eigenvalue weighted by Crippen LogP contribution is -2.45. The molecule has 3 rings (SSSR count). The second-order valence-corrected chi connectivity index (χ2v) is 9.06. The molecule has 2 aromatic rings. The van der Waals surface area contributed by atoms with Crippen LogP contribution in [-0.2, 0) is 4.74 Å². The smallest absolute Gasteiger partial charge is 0.254 e. The number of hydrogen-bond acceptors (Lipinski definition) is 6. The molecule has 0 radical (unpaired) electrons. The van der Waals surface area contributed by atoms with Gasteiger partial charge in [-0.2, -0.15) is 5.10 Å². The molecule has 1 fully saturated rings. The first kappa shape index (κ1) is 23.2. The topological polar surface area (TPSA) is 118 Å². The maximum atomic E-state index is 12.0. The Morgan fingerprint density at radius 3 is 2.71 bits per heavy atom. The molecule has 3 atom stereocenters. The Bertz CT molecular complexity index is 911. The van der Waals surface area contributed by atoms with E-state index in [1.807, 2.05) is 26.0 Å². The van der Waals surface area contributed by atoms with Crippen LogP contribution < -0.4 is 16.4 Å². The van der Waals surface area contributed by atoms with Gasteiger partial charge in [0.1, 0.15) is 5.56 Å². The zero-order chi connectivity index (χ0) is 22.6. The molecule has 1 aromatic carbocycles. The first-order valence-electron chi connectivity index (χ1n) is 10.4. The Labute approximate surface area is 188 Å². The van der Waals surface area contributed by atoms with Crippen LogP contribution >= 0.6 is 11.6 Å². The number of benzene rings is 1. The van der Waals surface area contributed by atoms with Crippen molar-refractivity contribution in [3.63, 3.8) is 0 Å². The van der Waals surface area contributed by atoms with E-state index in [1.165, 1.54) is 6.21 Å². The van der Waals surface area contributed by atoms with Gasteiger partial charge in [0.2, 0.25) is 0 Å². The number of rotatable bonds is 9. The van der Waals surface area contributed by atoms with Gasteiger partial charge in [0.05, 0.1) is 11.6 Å². The molecule has 0 aliphatic heterocycles. The summed E-state index contributed by atoms with van der Waals surface area (Å²) < 4.78 is 7.27. The highest BCUT2D eigenvalue weighted by Crippen LogP contribution is 2.34. The molecule has 8 nitrogen and oxygen atoms in total. The van der Waals surface area contributed by atoms with Gasteiger partial charge in [-0.15, -0.1) is 0 Å². The number of halogens is 1. The molecule has 1 heterocycles. The van der Waals surface area contributed by atoms with Crippen molar-refractivity contribution in [2.75, 3.05) is 19.0 Å². The number of ether oxygens (including phenoxy) is 1. The fraction of sp³-hybridized carbons (Fsp3) is 0.500. The number of hydrogen-bond donors (Lipinski definition) is 4. The maximum Gasteiger partial charge on any atom is 0.254 e. The Kier molecular flexibility index (Phi) is 7.35. The number of methoxy groups -OCH3 is 1. The lowest BCUT2D eigenvalue weighted by Gasteiger charge is -2.36. The third-order valence-corrected chi connectivity index (χ3v) is 6.14. The average Bonchev–Trinajstić information content (AvgIpc) is 3.17. The molecule has 0 spiro atoms. The Morgan fingerprint density at radius 2 is 2.10 bits per heavy atom. The van der Waals surface area contributed by atoms with E-state index < -0.39 is 5.91 Å². The lowest BCUT2D eigenvalue weighted by atomic mass is 9.82. The lowest BCUT2D eigenvalue weighted by molar-refractivity contribution is 0.0191. The highest BCUT2D eigenvalue weighted by atomic mass is 35.5. The van der Waals surface area contributed by atoms with Crippen LogP contribution in [0.15, 0.2) is 30.5 Å². The monoisotopic (exact) mass is 446 g/mol. The molecule has 1 aliphatic rings. The molecule has 1 unspecified atom stereocenters. The van der Waals surface area contributed by atoms with E-state index in [4.69, 9.17) is 27.5 Å². The molecule has 1 saturated carbocycles. The maximum absolute atomic E-state index is 12.0. The van der Waals surface area contributed by atoms with E-state index in [-0.39, 0.29) is 17.6 Å². The molecule has 0 bridgehead atoms. The molecular formula is C22H31ClN6O2. The predicted molar refractivity (Wildman–Crippen MR) is 124 cm³/mol. The van der Waals surface area contributed by atoms with Crippen LogP contribution in [0, 0.1) is 11.3 Å². The number of primary amides is 1. The second kappa shape index (κ2) is 9.80. The minimum absolute atomic E-state index is 0.000848. The molecule has 5 N–H and O–H groups in total. The predicted octanol–water partition coefficient (Wildman–Crippen LogP) is 3.75. The van der Waals surface area contributed by atoms with Gasteiger partial charge in [-0.1, -0.05) is 11.6 Å². The van der Waals surface area contributed by atoms with E-state index in [0.717, 1.165) is 31.5 Å². The highest BCUT2D eigenvalue weighted by Gasteiger charge is 2.33. The molecule has 1 amide bonds. The summed E-state index contributed by atoms with van der Waals surface area (Å²) in [4.78, 5) is 12.0. The van der Waals surface area contributed by atoms with Gasteiger partial charge in [0.15, 0.2) is 5.82 Å². The summed E-state index contributed by atoms with van der Waals surface area (Å²) in [5.41, 5.74) is 6.44. The summed E-state index contributed by atoms with van der Waals surface area (Å²) >= 11 is 5.95. The molecule has 168 valence electrons. The van der Waals surface area contributed by atoms with E-state index in [1.54, 1.807) is 30.1 Å². The van der Waals surface area contributed by atoms with Gasteiger partial charge >= 0.3 is 0 Å². The van der Waals surface area contributed by atoms with E-state index in [9.17, 15) is 4.79 Å². The Hall–Kier alpha value is -2.42. The summed E-state index contributed by atoms with van der Waals surface area (Å²) in [6.45, 7) is 4.83. The Morgan fingerprint density at radius 1 is 1.39 bits per heavy atom. The quantitative estimate of drug-likeness (QED) is 0.437. The summed E-state index contributed by atoms with van der Waals surface area (Å²) in [5, 5.41) is 19.9. The molecule has 1 aromatic heterocycles. The van der Waals surface area contributed by atoms with Crippen LogP contribution in [0.1, 0.15) is 49.5 Å². The van der Waals surface area contributed by atoms with Crippen molar-refractivity contribution in [1.29, 1.82) is 5.41 Å². The summed E-state index contributed by atoms with van der Waals surface area (Å²) in [6.07, 6.45) is 5.77. The van der Waals surface area contributed by atoms with Gasteiger partial charge in [-0.25, -0.2) is 0 Å². The number of carbonyl (C=O) groups is 1. The summed E-state index contributed by atoms with van der Waals surface area (Å²) in [7, 11) is 1.71. The molecule has 31 heavy (non-hydrogen) atoms. The minimum Gasteiger partial charge on any atom is -0.377 e. The average molecular weight is 447 g/mol. The Balaban J connectivity index is 1.75. The van der Waals surface area contributed by atoms with Crippen molar-refractivity contribution in [3.8, 4) is 0 Å². The van der Waals surface area contributed by atoms with Crippen LogP contribution in [0.2, 0.25) is 5.02 Å². The SMILES string of the molecule is COC(C)(C)CN[C@H]1CCC(n2cc(C(N)=O)c(Nc3ccc(Cl)cc3)n2)[C@@H](C=N)C1. The van der Waals surface area contributed by atoms with Crippen molar-refractivity contribution in [3.05, 3.63) is 41.0 Å². The first-order valence-corrected chi connectivity index (χ1v) is 10.8. The third kappa shape index (κ3) is 5.84. The second-order valence-electron chi connectivity index (χ2n) is 8.62. The highest BCUT2D eigenvalue weighted by molar-refractivity contribution is 6.30. The summed E-state index contributed by atoms with van der Waals surface area (Å²) in [5.74, 6) is -0.146. The van der Waals surface area contributed by atoms with Crippen molar-refractivity contribution < 1.29 is 9.53 Å². The number of anilines is 2. The van der Waals surface area contributed by atoms with E-state index >= 15 is 0 Å². The standard InChI is InChI=1S/C22H31ClN6O2/c1-22(2,31-3)13-26-17-8-9-19(14(10-17)11-24)29-12-18(20(25)30)21(28-29)27-16-6-4-15(23)5-7-16/h4-7,11-12,14,17,19,24,26H,8-10,13H2,1-3H3,(H2,25,30)(H,27,28)/t14-,17+,19?/m1/s1. The van der Waals surface area contributed by atoms with Crippen molar-refractivity contribution in [1.82, 2.24) is 15.1 Å². The van der Waals surface area contributed by atoms with Gasteiger partial charge in [0.25, 0.3) is 5.91 Å². The number of aromatic nitrogens is 2. The van der Waals surface area contributed by atoms with Gasteiger partial charge < -0.3 is 26.5 Å². The molecule has 0 saturated heterocycles. The molecular weight excluding hydrogens is 416 g/mol. The van der Waals surface area contributed by atoms with Crippen LogP contribution in [0.25, 0.3) is 0 Å². The number of nitrogens with one attached hydrogen (secondary N) is 3. The number of nitrogens with two attached hydrogens (primary N) is 1. The van der Waals surface area contributed by atoms with Crippen molar-refractivity contribution in [2.24, 2.45) is 11.7 Å². The minimum atomic E-state index is -0.550. The fourth-order valence-corrected chi connectivity index (χ4v) is 3.97. The number of nitrogens with zero attached hydrogens (tertiary/aromatic N) is 2. The van der Waals surface area contributed by atoms with Crippen LogP contribution in [-0.4, -0.2) is 47.2 Å². The number of carbonyl (C=O) groups excluding carboxylic acids is 1. The van der Waals surface area contributed by atoms with E-state index in [2.05, 4.69) is 15.7 Å². The third-order valence-electron chi connectivity index (χ3n) is 5.89. The largest absolute Gasteiger partial charge is 0.377 e. The number of amides is 1. The van der Waals surface area contributed by atoms with E-state index in [0.29, 0.717) is 22.4 Å². The zero-order valence-corrected chi connectivity index (χ0v) is 18.9. The van der Waals surface area contributed by atoms with Gasteiger partial charge in [0, 0.05) is 48.7 Å². The van der Waals surface area contributed by atoms with Crippen molar-refractivity contribution in [2.45, 2.75) is 50.8 Å². The van der Waals surface area contributed by atoms with Crippen LogP contribution in [0.3, 0.4) is 0 Å². The van der Waals surface area contributed by atoms with Crippen LogP contribution in [0.5, 0.6) is 0 Å². The van der Waals surface area contributed by atoms with Crippen molar-refractivity contribution >= 4 is 35.2 Å². The zero-order valence-electron chi connectivity index (χ0n) is 18.2. The first-order chi connectivity index (χ1) is 14.7. The molecule has 9 heteroatoms. The van der Waals surface area contributed by atoms with Gasteiger partial charge in [-0.3, -0.25) is 9.48 Å². The molecule has 1 aliphatic carbocycles. The fourth-order valence-electron chi connectivity index (χ4n) is 3.85. The summed E-state index contributed by atoms with van der Waals surface area (Å²) in [6, 6.07) is 7.43.